The van der Waals surface area contributed by atoms with Crippen molar-refractivity contribution in [1.29, 1.82) is 0 Å². The van der Waals surface area contributed by atoms with E-state index in [1.165, 1.54) is 6.07 Å². The van der Waals surface area contributed by atoms with Crippen LogP contribution in [0.1, 0.15) is 0 Å². The van der Waals surface area contributed by atoms with Gasteiger partial charge in [0.1, 0.15) is 5.69 Å². The average Bonchev–Trinajstić information content (AvgIpc) is 2.35. The topological polar surface area (TPSA) is 67.9 Å². The molecule has 0 amide bonds. The molecule has 1 aliphatic rings. The lowest BCUT2D eigenvalue weighted by Crippen LogP contribution is -2.49. The minimum atomic E-state index is -1.23. The number of rotatable bonds is 1. The second-order valence-electron chi connectivity index (χ2n) is 2.97. The lowest BCUT2D eigenvalue weighted by molar-refractivity contribution is -0.192. The van der Waals surface area contributed by atoms with Gasteiger partial charge in [-0.15, -0.1) is 0 Å². The van der Waals surface area contributed by atoms with E-state index in [1.807, 2.05) is 5.59 Å². The molecule has 2 rings (SSSR count). The number of benzene rings is 1. The monoisotopic (exact) mass is 330 g/mol. The summed E-state index contributed by atoms with van der Waals surface area (Å²) in [4.78, 5) is 30.7. The van der Waals surface area contributed by atoms with Crippen LogP contribution in [0.2, 0.25) is 20.1 Å². The van der Waals surface area contributed by atoms with Crippen LogP contribution < -0.4 is 10.8 Å². The molecule has 0 bridgehead atoms. The smallest absolute Gasteiger partial charge is 0.338 e. The summed E-state index contributed by atoms with van der Waals surface area (Å²) < 4.78 is 0. The van der Waals surface area contributed by atoms with Gasteiger partial charge in [-0.1, -0.05) is 51.6 Å². The van der Waals surface area contributed by atoms with Crippen molar-refractivity contribution in [3.8, 4) is 0 Å². The Bertz CT molecular complexity index is 550. The molecule has 6 nitrogen and oxygen atoms in total. The third-order valence-electron chi connectivity index (χ3n) is 1.86. The molecule has 1 aromatic rings. The Hall–Kier alpha value is -0.920. The number of hydrogen-bond donors (Lipinski definition) is 1. The Balaban J connectivity index is 2.40. The van der Waals surface area contributed by atoms with E-state index in [9.17, 15) is 9.59 Å². The SMILES string of the molecule is O=C1ONN(c2cc(Cl)c(Cl)c(Cl)c2Cl)OC1=O. The van der Waals surface area contributed by atoms with Crippen LogP contribution in [0.15, 0.2) is 6.07 Å². The second kappa shape index (κ2) is 4.99. The fourth-order valence-corrected chi connectivity index (χ4v) is 1.94. The van der Waals surface area contributed by atoms with E-state index in [0.29, 0.717) is 5.17 Å². The highest BCUT2D eigenvalue weighted by atomic mass is 35.5. The van der Waals surface area contributed by atoms with E-state index < -0.39 is 11.9 Å². The van der Waals surface area contributed by atoms with Crippen LogP contribution in [-0.4, -0.2) is 11.9 Å². The predicted molar refractivity (Wildman–Crippen MR) is 64.3 cm³/mol. The Kier molecular flexibility index (Phi) is 3.74. The van der Waals surface area contributed by atoms with Gasteiger partial charge >= 0.3 is 11.9 Å². The molecule has 1 saturated heterocycles. The molecule has 1 aliphatic heterocycles. The molecule has 18 heavy (non-hydrogen) atoms. The summed E-state index contributed by atoms with van der Waals surface area (Å²) in [6.07, 6.45) is 0. The molecule has 1 fully saturated rings. The molecule has 1 aromatic carbocycles. The van der Waals surface area contributed by atoms with Gasteiger partial charge < -0.3 is 9.68 Å². The Labute approximate surface area is 120 Å². The lowest BCUT2D eigenvalue weighted by atomic mass is 10.3. The summed E-state index contributed by atoms with van der Waals surface area (Å²) in [7, 11) is 0. The predicted octanol–water partition coefficient (Wildman–Crippen LogP) is 2.54. The summed E-state index contributed by atoms with van der Waals surface area (Å²) in [6, 6.07) is 1.28. The Morgan fingerprint density at radius 2 is 1.67 bits per heavy atom. The molecule has 10 heteroatoms. The van der Waals surface area contributed by atoms with Crippen molar-refractivity contribution < 1.29 is 19.3 Å². The standard InChI is InChI=1S/C8H2Cl4N2O4/c9-2-1-3(5(11)6(12)4(2)10)14-13-17-7(15)8(16)18-14/h1,13H. The van der Waals surface area contributed by atoms with Crippen molar-refractivity contribution in [2.75, 3.05) is 5.17 Å². The molecule has 0 spiro atoms. The number of carbonyl (C=O) groups is 2. The van der Waals surface area contributed by atoms with Crippen LogP contribution in [0, 0.1) is 0 Å². The number of carbonyl (C=O) groups excluding carboxylic acids is 2. The number of anilines is 1. The largest absolute Gasteiger partial charge is 0.444 e. The molecular weight excluding hydrogens is 330 g/mol. The van der Waals surface area contributed by atoms with E-state index in [1.54, 1.807) is 0 Å². The maximum atomic E-state index is 11.0. The molecule has 96 valence electrons. The summed E-state index contributed by atoms with van der Waals surface area (Å²) in [5, 5.41) is 0.753. The molecule has 0 saturated carbocycles. The highest BCUT2D eigenvalue weighted by molar-refractivity contribution is 6.52. The van der Waals surface area contributed by atoms with Crippen molar-refractivity contribution in [3.05, 3.63) is 26.2 Å². The molecular formula is C8H2Cl4N2O4. The van der Waals surface area contributed by atoms with Crippen molar-refractivity contribution in [2.24, 2.45) is 0 Å². The molecule has 0 unspecified atom stereocenters. The maximum absolute atomic E-state index is 11.0. The second-order valence-corrected chi connectivity index (χ2v) is 4.51. The van der Waals surface area contributed by atoms with Crippen LogP contribution >= 0.6 is 46.4 Å². The molecule has 1 heterocycles. The zero-order valence-electron chi connectivity index (χ0n) is 8.17. The van der Waals surface area contributed by atoms with Crippen LogP contribution in [0.5, 0.6) is 0 Å². The van der Waals surface area contributed by atoms with Crippen molar-refractivity contribution in [2.45, 2.75) is 0 Å². The zero-order chi connectivity index (χ0) is 13.4. The van der Waals surface area contributed by atoms with Gasteiger partial charge in [-0.3, -0.25) is 0 Å². The first-order valence-corrected chi connectivity index (χ1v) is 5.75. The van der Waals surface area contributed by atoms with Gasteiger partial charge in [-0.2, -0.15) is 0 Å². The van der Waals surface area contributed by atoms with E-state index in [4.69, 9.17) is 46.4 Å². The van der Waals surface area contributed by atoms with E-state index >= 15 is 0 Å². The molecule has 0 aromatic heterocycles. The van der Waals surface area contributed by atoms with E-state index in [-0.39, 0.29) is 25.8 Å². The lowest BCUT2D eigenvalue weighted by Gasteiger charge is -2.26. The third-order valence-corrected chi connectivity index (χ3v) is 3.61. The fourth-order valence-electron chi connectivity index (χ4n) is 1.07. The van der Waals surface area contributed by atoms with Gasteiger partial charge in [0, 0.05) is 0 Å². The fraction of sp³-hybridized carbons (Fsp3) is 0. The van der Waals surface area contributed by atoms with Gasteiger partial charge in [0.2, 0.25) is 0 Å². The highest BCUT2D eigenvalue weighted by Crippen LogP contribution is 2.42. The van der Waals surface area contributed by atoms with Gasteiger partial charge in [-0.25, -0.2) is 9.59 Å². The summed E-state index contributed by atoms with van der Waals surface area (Å²) in [6.45, 7) is 0. The summed E-state index contributed by atoms with van der Waals surface area (Å²) in [5.41, 5.74) is 2.08. The van der Waals surface area contributed by atoms with Crippen LogP contribution in [0.25, 0.3) is 0 Å². The number of nitrogens with zero attached hydrogens (tertiary/aromatic N) is 1. The summed E-state index contributed by atoms with van der Waals surface area (Å²) in [5.74, 6) is -2.43. The van der Waals surface area contributed by atoms with Gasteiger partial charge in [0.15, 0.2) is 0 Å². The summed E-state index contributed by atoms with van der Waals surface area (Å²) >= 11 is 23.3. The number of halogens is 4. The van der Waals surface area contributed by atoms with Gasteiger partial charge in [-0.05, 0) is 11.7 Å². The van der Waals surface area contributed by atoms with Crippen LogP contribution in [0.4, 0.5) is 5.69 Å². The minimum absolute atomic E-state index is 0.0319. The third kappa shape index (κ3) is 2.30. The van der Waals surface area contributed by atoms with Gasteiger partial charge in [0.05, 0.1) is 20.1 Å². The maximum Gasteiger partial charge on any atom is 0.444 e. The number of hydrogen-bond acceptors (Lipinski definition) is 6. The number of nitrogens with one attached hydrogen (secondary N) is 1. The first kappa shape index (κ1) is 13.5. The number of hydrazine groups is 1. The van der Waals surface area contributed by atoms with Crippen molar-refractivity contribution in [3.63, 3.8) is 0 Å². The van der Waals surface area contributed by atoms with Crippen LogP contribution in [0.3, 0.4) is 0 Å². The van der Waals surface area contributed by atoms with E-state index in [0.717, 1.165) is 0 Å². The van der Waals surface area contributed by atoms with Crippen LogP contribution in [-0.2, 0) is 19.3 Å². The van der Waals surface area contributed by atoms with Gasteiger partial charge in [0.25, 0.3) is 0 Å². The first-order chi connectivity index (χ1) is 8.41. The average molecular weight is 332 g/mol. The Morgan fingerprint density at radius 3 is 2.28 bits per heavy atom. The first-order valence-electron chi connectivity index (χ1n) is 4.23. The molecule has 0 radical (unpaired) electrons. The Morgan fingerprint density at radius 1 is 1.00 bits per heavy atom. The molecule has 1 N–H and O–H groups in total. The zero-order valence-corrected chi connectivity index (χ0v) is 11.2. The van der Waals surface area contributed by atoms with Crippen molar-refractivity contribution in [1.82, 2.24) is 5.59 Å². The quantitative estimate of drug-likeness (QED) is 0.484. The van der Waals surface area contributed by atoms with E-state index in [2.05, 4.69) is 9.68 Å². The molecule has 0 atom stereocenters. The minimum Gasteiger partial charge on any atom is -0.338 e. The van der Waals surface area contributed by atoms with Crippen molar-refractivity contribution >= 4 is 64.0 Å². The normalized spacial score (nSPS) is 15.4. The molecule has 0 aliphatic carbocycles. The highest BCUT2D eigenvalue weighted by Gasteiger charge is 2.31.